The lowest BCUT2D eigenvalue weighted by molar-refractivity contribution is 0.0885. The fraction of sp³-hybridized carbons (Fsp3) is 0.190. The summed E-state index contributed by atoms with van der Waals surface area (Å²) in [7, 11) is 0. The van der Waals surface area contributed by atoms with E-state index in [2.05, 4.69) is 26.1 Å². The molecule has 0 atom stereocenters. The highest BCUT2D eigenvalue weighted by Crippen LogP contribution is 2.34. The van der Waals surface area contributed by atoms with Gasteiger partial charge in [0, 0.05) is 23.7 Å². The highest BCUT2D eigenvalue weighted by molar-refractivity contribution is 5.93. The van der Waals surface area contributed by atoms with E-state index in [0.717, 1.165) is 29.4 Å². The van der Waals surface area contributed by atoms with Crippen molar-refractivity contribution in [3.8, 4) is 11.3 Å². The summed E-state index contributed by atoms with van der Waals surface area (Å²) in [5, 5.41) is 6.95. The van der Waals surface area contributed by atoms with Crippen LogP contribution in [0.25, 0.3) is 22.4 Å². The maximum atomic E-state index is 12.4. The Morgan fingerprint density at radius 1 is 1.07 bits per heavy atom. The number of hydrogen-bond donors (Lipinski definition) is 1. The predicted octanol–water partition coefficient (Wildman–Crippen LogP) is 3.82. The second kappa shape index (κ2) is 6.39. The van der Waals surface area contributed by atoms with Gasteiger partial charge in [0.25, 0.3) is 5.91 Å². The fourth-order valence-electron chi connectivity index (χ4n) is 3.58. The van der Waals surface area contributed by atoms with Crippen molar-refractivity contribution in [2.75, 3.05) is 0 Å². The largest absolute Gasteiger partial charge is 0.355 e. The second-order valence-corrected chi connectivity index (χ2v) is 6.88. The molecule has 2 aromatic carbocycles. The smallest absolute Gasteiger partial charge is 0.273 e. The molecule has 4 aromatic rings. The third-order valence-electron chi connectivity index (χ3n) is 5.12. The molecule has 1 aliphatic rings. The molecule has 1 aliphatic carbocycles. The van der Waals surface area contributed by atoms with Crippen molar-refractivity contribution in [2.45, 2.75) is 24.9 Å². The van der Waals surface area contributed by atoms with Crippen molar-refractivity contribution in [3.05, 3.63) is 72.7 Å². The first kappa shape index (κ1) is 15.8. The third kappa shape index (κ3) is 2.89. The van der Waals surface area contributed by atoms with Crippen LogP contribution in [-0.2, 0) is 0 Å². The van der Waals surface area contributed by atoms with Crippen molar-refractivity contribution < 1.29 is 9.32 Å². The lowest BCUT2D eigenvalue weighted by Crippen LogP contribution is -2.45. The zero-order chi connectivity index (χ0) is 18.2. The van der Waals surface area contributed by atoms with E-state index in [4.69, 9.17) is 4.52 Å². The Labute approximate surface area is 155 Å². The van der Waals surface area contributed by atoms with Crippen LogP contribution >= 0.6 is 0 Å². The highest BCUT2D eigenvalue weighted by Gasteiger charge is 2.33. The zero-order valence-corrected chi connectivity index (χ0v) is 14.6. The molecule has 5 rings (SSSR count). The first-order valence-corrected chi connectivity index (χ1v) is 9.02. The van der Waals surface area contributed by atoms with Crippen LogP contribution < -0.4 is 5.32 Å². The summed E-state index contributed by atoms with van der Waals surface area (Å²) in [6, 6.07) is 19.9. The van der Waals surface area contributed by atoms with Gasteiger partial charge in [0.15, 0.2) is 11.5 Å². The van der Waals surface area contributed by atoms with Crippen LogP contribution in [0.4, 0.5) is 0 Å². The third-order valence-corrected chi connectivity index (χ3v) is 5.12. The zero-order valence-electron chi connectivity index (χ0n) is 14.6. The molecule has 0 radical (unpaired) electrons. The van der Waals surface area contributed by atoms with Crippen molar-refractivity contribution in [1.82, 2.24) is 20.0 Å². The van der Waals surface area contributed by atoms with Crippen LogP contribution in [0, 0.1) is 0 Å². The number of imidazole rings is 1. The summed E-state index contributed by atoms with van der Waals surface area (Å²) in [4.78, 5) is 16.9. The number of nitrogens with one attached hydrogen (secondary N) is 1. The molecule has 0 saturated heterocycles. The van der Waals surface area contributed by atoms with Crippen molar-refractivity contribution in [3.63, 3.8) is 0 Å². The number of rotatable bonds is 4. The van der Waals surface area contributed by atoms with E-state index in [1.54, 1.807) is 6.07 Å². The average molecular weight is 358 g/mol. The van der Waals surface area contributed by atoms with Gasteiger partial charge in [-0.15, -0.1) is 0 Å². The SMILES string of the molecule is O=C(NC1CC(n2cnc3ccccc32)C1)c1cc(-c2ccccc2)on1. The first-order chi connectivity index (χ1) is 13.3. The maximum absolute atomic E-state index is 12.4. The predicted molar refractivity (Wildman–Crippen MR) is 101 cm³/mol. The van der Waals surface area contributed by atoms with Crippen LogP contribution in [0.5, 0.6) is 0 Å². The first-order valence-electron chi connectivity index (χ1n) is 9.02. The molecule has 0 bridgehead atoms. The summed E-state index contributed by atoms with van der Waals surface area (Å²) in [6.07, 6.45) is 3.65. The molecule has 1 amide bonds. The Morgan fingerprint density at radius 3 is 2.70 bits per heavy atom. The molecular weight excluding hydrogens is 340 g/mol. The van der Waals surface area contributed by atoms with Gasteiger partial charge in [-0.3, -0.25) is 4.79 Å². The van der Waals surface area contributed by atoms with Gasteiger partial charge >= 0.3 is 0 Å². The molecule has 134 valence electrons. The van der Waals surface area contributed by atoms with E-state index in [-0.39, 0.29) is 11.9 Å². The quantitative estimate of drug-likeness (QED) is 0.602. The van der Waals surface area contributed by atoms with Crippen LogP contribution in [0.3, 0.4) is 0 Å². The summed E-state index contributed by atoms with van der Waals surface area (Å²) < 4.78 is 7.51. The number of para-hydroxylation sites is 2. The highest BCUT2D eigenvalue weighted by atomic mass is 16.5. The molecule has 1 N–H and O–H groups in total. The average Bonchev–Trinajstić information content (AvgIpc) is 3.32. The van der Waals surface area contributed by atoms with Crippen molar-refractivity contribution in [1.29, 1.82) is 0 Å². The number of nitrogens with zero attached hydrogens (tertiary/aromatic N) is 3. The normalized spacial score (nSPS) is 19.0. The van der Waals surface area contributed by atoms with E-state index in [1.807, 2.05) is 54.9 Å². The van der Waals surface area contributed by atoms with Gasteiger partial charge < -0.3 is 14.4 Å². The number of amides is 1. The van der Waals surface area contributed by atoms with Crippen LogP contribution in [0.1, 0.15) is 29.4 Å². The van der Waals surface area contributed by atoms with E-state index < -0.39 is 0 Å². The summed E-state index contributed by atoms with van der Waals surface area (Å²) in [5.74, 6) is 0.400. The van der Waals surface area contributed by atoms with Gasteiger partial charge in [0.1, 0.15) is 0 Å². The Hall–Kier alpha value is -3.41. The molecule has 0 spiro atoms. The van der Waals surface area contributed by atoms with Crippen LogP contribution in [0.15, 0.2) is 71.5 Å². The molecule has 2 heterocycles. The number of carbonyl (C=O) groups excluding carboxylic acids is 1. The van der Waals surface area contributed by atoms with Gasteiger partial charge in [-0.1, -0.05) is 47.6 Å². The van der Waals surface area contributed by atoms with Gasteiger partial charge in [0.05, 0.1) is 17.4 Å². The van der Waals surface area contributed by atoms with Crippen LogP contribution in [-0.4, -0.2) is 26.7 Å². The lowest BCUT2D eigenvalue weighted by atomic mass is 9.86. The van der Waals surface area contributed by atoms with Crippen molar-refractivity contribution >= 4 is 16.9 Å². The minimum Gasteiger partial charge on any atom is -0.355 e. The standard InChI is InChI=1S/C21H18N4O2/c26-21(18-12-20(27-24-18)14-6-2-1-3-7-14)23-15-10-16(11-15)25-13-22-17-8-4-5-9-19(17)25/h1-9,12-13,15-16H,10-11H2,(H,23,26). The lowest BCUT2D eigenvalue weighted by Gasteiger charge is -2.36. The Morgan fingerprint density at radius 2 is 1.85 bits per heavy atom. The Bertz CT molecular complexity index is 1090. The van der Waals surface area contributed by atoms with Gasteiger partial charge in [0.2, 0.25) is 0 Å². The van der Waals surface area contributed by atoms with Gasteiger partial charge in [-0.25, -0.2) is 4.98 Å². The monoisotopic (exact) mass is 358 g/mol. The number of aromatic nitrogens is 3. The molecule has 0 aliphatic heterocycles. The molecule has 1 fully saturated rings. The molecule has 1 saturated carbocycles. The van der Waals surface area contributed by atoms with Gasteiger partial charge in [-0.05, 0) is 25.0 Å². The molecule has 27 heavy (non-hydrogen) atoms. The molecule has 6 heteroatoms. The minimum atomic E-state index is -0.195. The fourth-order valence-corrected chi connectivity index (χ4v) is 3.58. The molecule has 0 unspecified atom stereocenters. The van der Waals surface area contributed by atoms with E-state index in [9.17, 15) is 4.79 Å². The topological polar surface area (TPSA) is 73.0 Å². The number of fused-ring (bicyclic) bond motifs is 1. The van der Waals surface area contributed by atoms with Crippen molar-refractivity contribution in [2.24, 2.45) is 0 Å². The Balaban J connectivity index is 1.23. The van der Waals surface area contributed by atoms with E-state index in [1.165, 1.54) is 0 Å². The molecular formula is C21H18N4O2. The van der Waals surface area contributed by atoms with E-state index in [0.29, 0.717) is 17.5 Å². The summed E-state index contributed by atoms with van der Waals surface area (Å²) >= 11 is 0. The number of benzene rings is 2. The summed E-state index contributed by atoms with van der Waals surface area (Å²) in [6.45, 7) is 0. The molecule has 2 aromatic heterocycles. The minimum absolute atomic E-state index is 0.139. The molecule has 6 nitrogen and oxygen atoms in total. The van der Waals surface area contributed by atoms with E-state index >= 15 is 0 Å². The van der Waals surface area contributed by atoms with Gasteiger partial charge in [-0.2, -0.15) is 0 Å². The number of carbonyl (C=O) groups is 1. The maximum Gasteiger partial charge on any atom is 0.273 e. The van der Waals surface area contributed by atoms with Crippen LogP contribution in [0.2, 0.25) is 0 Å². The summed E-state index contributed by atoms with van der Waals surface area (Å²) in [5.41, 5.74) is 3.35. The second-order valence-electron chi connectivity index (χ2n) is 6.88. The Kier molecular flexibility index (Phi) is 3.74. The number of hydrogen-bond acceptors (Lipinski definition) is 4.